The van der Waals surface area contributed by atoms with E-state index in [1.54, 1.807) is 18.3 Å². The first-order valence-corrected chi connectivity index (χ1v) is 5.95. The second-order valence-corrected chi connectivity index (χ2v) is 4.48. The quantitative estimate of drug-likeness (QED) is 0.855. The second-order valence-electron chi connectivity index (χ2n) is 4.48. The van der Waals surface area contributed by atoms with Gasteiger partial charge < -0.3 is 5.11 Å². The first kappa shape index (κ1) is 10.3. The Morgan fingerprint density at radius 3 is 2.76 bits per heavy atom. The average Bonchev–Trinajstić information content (AvgIpc) is 2.27. The third-order valence-electron chi connectivity index (χ3n) is 3.30. The first-order valence-electron chi connectivity index (χ1n) is 5.95. The number of phenolic OH excluding ortho intramolecular Hbond substituents is 1. The zero-order valence-electron chi connectivity index (χ0n) is 9.50. The highest BCUT2D eigenvalue weighted by molar-refractivity contribution is 5.57. The number of benzene rings is 1. The normalized spacial score (nSPS) is 15.5. The van der Waals surface area contributed by atoms with Crippen molar-refractivity contribution in [2.45, 2.75) is 25.2 Å². The molecule has 1 aliphatic carbocycles. The Labute approximate surface area is 100 Å². The average molecular weight is 226 g/mol. The molecule has 2 aromatic rings. The molecule has 0 bridgehead atoms. The van der Waals surface area contributed by atoms with Crippen molar-refractivity contribution < 1.29 is 5.11 Å². The van der Waals surface area contributed by atoms with Crippen molar-refractivity contribution in [2.75, 3.05) is 0 Å². The predicted octanol–water partition coefficient (Wildman–Crippen LogP) is 3.12. The van der Waals surface area contributed by atoms with Crippen molar-refractivity contribution in [2.24, 2.45) is 0 Å². The minimum Gasteiger partial charge on any atom is -0.508 e. The van der Waals surface area contributed by atoms with E-state index in [9.17, 15) is 5.11 Å². The highest BCUT2D eigenvalue weighted by atomic mass is 16.3. The van der Waals surface area contributed by atoms with E-state index in [0.29, 0.717) is 11.7 Å². The fraction of sp³-hybridized carbons (Fsp3) is 0.286. The highest BCUT2D eigenvalue weighted by Crippen LogP contribution is 2.35. The lowest BCUT2D eigenvalue weighted by Crippen LogP contribution is -2.11. The Kier molecular flexibility index (Phi) is 2.52. The molecule has 0 saturated heterocycles. The van der Waals surface area contributed by atoms with E-state index >= 15 is 0 Å². The lowest BCUT2D eigenvalue weighted by atomic mass is 9.83. The van der Waals surface area contributed by atoms with Gasteiger partial charge in [-0.15, -0.1) is 0 Å². The van der Waals surface area contributed by atoms with Crippen LogP contribution in [0.3, 0.4) is 0 Å². The van der Waals surface area contributed by atoms with Crippen LogP contribution in [0, 0.1) is 0 Å². The summed E-state index contributed by atoms with van der Waals surface area (Å²) in [7, 11) is 0. The summed E-state index contributed by atoms with van der Waals surface area (Å²) in [5.41, 5.74) is 2.00. The van der Waals surface area contributed by atoms with Crippen LogP contribution in [0.1, 0.15) is 30.9 Å². The van der Waals surface area contributed by atoms with Gasteiger partial charge in [0, 0.05) is 23.4 Å². The topological polar surface area (TPSA) is 46.0 Å². The predicted molar refractivity (Wildman–Crippen MR) is 65.7 cm³/mol. The molecule has 0 spiro atoms. The van der Waals surface area contributed by atoms with Crippen molar-refractivity contribution in [3.05, 3.63) is 42.2 Å². The van der Waals surface area contributed by atoms with Gasteiger partial charge in [-0.1, -0.05) is 18.6 Å². The molecular formula is C14H14N2O. The number of hydrogen-bond acceptors (Lipinski definition) is 3. The lowest BCUT2D eigenvalue weighted by Gasteiger charge is -2.24. The van der Waals surface area contributed by atoms with E-state index in [0.717, 1.165) is 11.3 Å². The standard InChI is InChI=1S/C14H14N2O/c17-12-6-2-5-11(9-12)14-15-8-7-13(16-14)10-3-1-4-10/h2,5-10,17H,1,3-4H2. The molecule has 1 aliphatic rings. The number of aromatic nitrogens is 2. The third kappa shape index (κ3) is 2.00. The summed E-state index contributed by atoms with van der Waals surface area (Å²) in [5.74, 6) is 1.56. The smallest absolute Gasteiger partial charge is 0.159 e. The zero-order chi connectivity index (χ0) is 11.7. The monoisotopic (exact) mass is 226 g/mol. The van der Waals surface area contributed by atoms with Crippen LogP contribution in [0.5, 0.6) is 5.75 Å². The maximum Gasteiger partial charge on any atom is 0.159 e. The van der Waals surface area contributed by atoms with Gasteiger partial charge in [0.05, 0.1) is 0 Å². The molecule has 3 nitrogen and oxygen atoms in total. The van der Waals surface area contributed by atoms with Gasteiger partial charge in [0.2, 0.25) is 0 Å². The molecule has 0 aliphatic heterocycles. The number of rotatable bonds is 2. The number of aromatic hydroxyl groups is 1. The molecular weight excluding hydrogens is 212 g/mol. The number of phenols is 1. The minimum atomic E-state index is 0.250. The van der Waals surface area contributed by atoms with Crippen molar-refractivity contribution in [1.82, 2.24) is 9.97 Å². The SMILES string of the molecule is Oc1cccc(-c2nccc(C3CCC3)n2)c1. The van der Waals surface area contributed by atoms with E-state index in [4.69, 9.17) is 0 Å². The van der Waals surface area contributed by atoms with Gasteiger partial charge in [-0.3, -0.25) is 0 Å². The van der Waals surface area contributed by atoms with Crippen LogP contribution >= 0.6 is 0 Å². The molecule has 3 heteroatoms. The van der Waals surface area contributed by atoms with Crippen LogP contribution in [-0.4, -0.2) is 15.1 Å². The Bertz CT molecular complexity index is 535. The third-order valence-corrected chi connectivity index (χ3v) is 3.30. The van der Waals surface area contributed by atoms with Crippen LogP contribution in [0.25, 0.3) is 11.4 Å². The van der Waals surface area contributed by atoms with Crippen LogP contribution in [0.15, 0.2) is 36.5 Å². The van der Waals surface area contributed by atoms with Crippen LogP contribution in [-0.2, 0) is 0 Å². The van der Waals surface area contributed by atoms with E-state index in [1.807, 2.05) is 18.2 Å². The molecule has 1 saturated carbocycles. The van der Waals surface area contributed by atoms with E-state index in [2.05, 4.69) is 9.97 Å². The van der Waals surface area contributed by atoms with Crippen molar-refractivity contribution in [3.63, 3.8) is 0 Å². The van der Waals surface area contributed by atoms with Crippen molar-refractivity contribution in [1.29, 1.82) is 0 Å². The van der Waals surface area contributed by atoms with Crippen LogP contribution in [0.2, 0.25) is 0 Å². The number of hydrogen-bond donors (Lipinski definition) is 1. The number of nitrogens with zero attached hydrogens (tertiary/aromatic N) is 2. The summed E-state index contributed by atoms with van der Waals surface area (Å²) in [6, 6.07) is 9.07. The van der Waals surface area contributed by atoms with Gasteiger partial charge >= 0.3 is 0 Å². The fourth-order valence-electron chi connectivity index (χ4n) is 2.09. The maximum atomic E-state index is 9.45. The first-order chi connectivity index (χ1) is 8.33. The molecule has 0 radical (unpaired) electrons. The molecule has 0 unspecified atom stereocenters. The Balaban J connectivity index is 1.97. The van der Waals surface area contributed by atoms with Gasteiger partial charge in [-0.25, -0.2) is 9.97 Å². The zero-order valence-corrected chi connectivity index (χ0v) is 9.50. The second kappa shape index (κ2) is 4.17. The summed E-state index contributed by atoms with van der Waals surface area (Å²) >= 11 is 0. The Hall–Kier alpha value is -1.90. The summed E-state index contributed by atoms with van der Waals surface area (Å²) in [6.45, 7) is 0. The highest BCUT2D eigenvalue weighted by Gasteiger charge is 2.21. The van der Waals surface area contributed by atoms with Crippen molar-refractivity contribution in [3.8, 4) is 17.1 Å². The van der Waals surface area contributed by atoms with Crippen molar-refractivity contribution >= 4 is 0 Å². The summed E-state index contributed by atoms with van der Waals surface area (Å²) < 4.78 is 0. The summed E-state index contributed by atoms with van der Waals surface area (Å²) in [5, 5.41) is 9.45. The van der Waals surface area contributed by atoms with Gasteiger partial charge in [0.15, 0.2) is 5.82 Å². The van der Waals surface area contributed by atoms with Crippen LogP contribution in [0.4, 0.5) is 0 Å². The largest absolute Gasteiger partial charge is 0.508 e. The van der Waals surface area contributed by atoms with Gasteiger partial charge in [-0.05, 0) is 31.0 Å². The summed E-state index contributed by atoms with van der Waals surface area (Å²) in [4.78, 5) is 8.85. The molecule has 1 heterocycles. The van der Waals surface area contributed by atoms with E-state index in [-0.39, 0.29) is 5.75 Å². The molecule has 17 heavy (non-hydrogen) atoms. The fourth-order valence-corrected chi connectivity index (χ4v) is 2.09. The maximum absolute atomic E-state index is 9.45. The molecule has 1 fully saturated rings. The van der Waals surface area contributed by atoms with Gasteiger partial charge in [0.1, 0.15) is 5.75 Å². The minimum absolute atomic E-state index is 0.250. The Morgan fingerprint density at radius 2 is 2.06 bits per heavy atom. The van der Waals surface area contributed by atoms with E-state index < -0.39 is 0 Å². The molecule has 1 aromatic heterocycles. The Morgan fingerprint density at radius 1 is 1.18 bits per heavy atom. The molecule has 1 N–H and O–H groups in total. The molecule has 1 aromatic carbocycles. The molecule has 86 valence electrons. The molecule has 0 atom stereocenters. The molecule has 0 amide bonds. The van der Waals surface area contributed by atoms with Gasteiger partial charge in [0.25, 0.3) is 0 Å². The molecule has 3 rings (SSSR count). The van der Waals surface area contributed by atoms with Crippen LogP contribution < -0.4 is 0 Å². The lowest BCUT2D eigenvalue weighted by molar-refractivity contribution is 0.411. The van der Waals surface area contributed by atoms with E-state index in [1.165, 1.54) is 19.3 Å². The van der Waals surface area contributed by atoms with Gasteiger partial charge in [-0.2, -0.15) is 0 Å². The summed E-state index contributed by atoms with van der Waals surface area (Å²) in [6.07, 6.45) is 5.57.